The third-order valence-electron chi connectivity index (χ3n) is 3.91. The summed E-state index contributed by atoms with van der Waals surface area (Å²) in [5.74, 6) is 0. The van der Waals surface area contributed by atoms with Gasteiger partial charge in [0.2, 0.25) is 0 Å². The maximum absolute atomic E-state index is 3.80. The van der Waals surface area contributed by atoms with Crippen molar-refractivity contribution < 1.29 is 0 Å². The summed E-state index contributed by atoms with van der Waals surface area (Å²) in [4.78, 5) is 1.54. The van der Waals surface area contributed by atoms with Crippen molar-refractivity contribution in [2.45, 2.75) is 38.3 Å². The number of fused-ring (bicyclic) bond motifs is 1. The van der Waals surface area contributed by atoms with Gasteiger partial charge in [0.25, 0.3) is 0 Å². The van der Waals surface area contributed by atoms with Crippen LogP contribution in [0.4, 0.5) is 0 Å². The summed E-state index contributed by atoms with van der Waals surface area (Å²) in [6.45, 7) is 2.25. The van der Waals surface area contributed by atoms with E-state index in [9.17, 15) is 0 Å². The van der Waals surface area contributed by atoms with Crippen LogP contribution in [0.3, 0.4) is 0 Å². The van der Waals surface area contributed by atoms with Gasteiger partial charge in [0.15, 0.2) is 0 Å². The minimum Gasteiger partial charge on any atom is -0.303 e. The molecule has 1 aliphatic rings. The van der Waals surface area contributed by atoms with E-state index in [-0.39, 0.29) is 0 Å². The molecule has 2 atom stereocenters. The fraction of sp³-hybridized carbons (Fsp3) is 0.375. The van der Waals surface area contributed by atoms with E-state index < -0.39 is 0 Å². The largest absolute Gasteiger partial charge is 0.303 e. The molecule has 0 saturated heterocycles. The lowest BCUT2D eigenvalue weighted by Gasteiger charge is -2.27. The van der Waals surface area contributed by atoms with Crippen molar-refractivity contribution in [1.82, 2.24) is 5.32 Å². The van der Waals surface area contributed by atoms with E-state index in [1.165, 1.54) is 38.6 Å². The first-order valence-electron chi connectivity index (χ1n) is 6.93. The highest BCUT2D eigenvalue weighted by Gasteiger charge is 2.24. The van der Waals surface area contributed by atoms with E-state index in [1.807, 2.05) is 11.3 Å². The number of benzene rings is 1. The van der Waals surface area contributed by atoms with E-state index in [0.717, 1.165) is 0 Å². The molecule has 1 aliphatic carbocycles. The zero-order chi connectivity index (χ0) is 14.1. The van der Waals surface area contributed by atoms with Gasteiger partial charge in [-0.3, -0.25) is 0 Å². The zero-order valence-corrected chi connectivity index (χ0v) is 15.3. The van der Waals surface area contributed by atoms with Crippen molar-refractivity contribution >= 4 is 43.2 Å². The third kappa shape index (κ3) is 3.03. The lowest BCUT2D eigenvalue weighted by molar-refractivity contribution is 0.417. The fourth-order valence-electron chi connectivity index (χ4n) is 2.91. The highest BCUT2D eigenvalue weighted by atomic mass is 79.9. The van der Waals surface area contributed by atoms with Crippen molar-refractivity contribution in [3.05, 3.63) is 54.6 Å². The average molecular weight is 415 g/mol. The molecule has 1 N–H and O–H groups in total. The molecule has 1 aromatic carbocycles. The summed E-state index contributed by atoms with van der Waals surface area (Å²) in [6, 6.07) is 11.6. The van der Waals surface area contributed by atoms with Crippen molar-refractivity contribution in [2.24, 2.45) is 0 Å². The van der Waals surface area contributed by atoms with E-state index in [2.05, 4.69) is 74.4 Å². The van der Waals surface area contributed by atoms with Gasteiger partial charge in [-0.1, -0.05) is 34.1 Å². The molecular formula is C16H17Br2NS. The van der Waals surface area contributed by atoms with Crippen LogP contribution in [0.2, 0.25) is 0 Å². The Labute approximate surface area is 141 Å². The number of nitrogens with one attached hydrogen (secondary N) is 1. The van der Waals surface area contributed by atoms with Gasteiger partial charge in [-0.15, -0.1) is 11.3 Å². The summed E-state index contributed by atoms with van der Waals surface area (Å²) in [5, 5.41) is 3.80. The average Bonchev–Trinajstić information content (AvgIpc) is 2.80. The van der Waals surface area contributed by atoms with Crippen LogP contribution in [0.15, 0.2) is 38.6 Å². The van der Waals surface area contributed by atoms with Crippen LogP contribution in [0.1, 0.15) is 47.9 Å². The maximum atomic E-state index is 3.80. The van der Waals surface area contributed by atoms with Gasteiger partial charge < -0.3 is 5.32 Å². The van der Waals surface area contributed by atoms with Crippen LogP contribution >= 0.6 is 43.2 Å². The van der Waals surface area contributed by atoms with Crippen LogP contribution in [-0.2, 0) is 6.42 Å². The molecular weight excluding hydrogens is 398 g/mol. The number of aryl methyl sites for hydroxylation is 1. The predicted octanol–water partition coefficient (Wildman–Crippen LogP) is 6.00. The van der Waals surface area contributed by atoms with Crippen LogP contribution in [0.5, 0.6) is 0 Å². The Morgan fingerprint density at radius 2 is 2.10 bits per heavy atom. The van der Waals surface area contributed by atoms with E-state index in [4.69, 9.17) is 0 Å². The first kappa shape index (κ1) is 14.8. The maximum Gasteiger partial charge on any atom is 0.0704 e. The van der Waals surface area contributed by atoms with Crippen molar-refractivity contribution in [3.8, 4) is 0 Å². The minimum absolute atomic E-state index is 0.347. The molecule has 2 unspecified atom stereocenters. The molecule has 2 aromatic rings. The van der Waals surface area contributed by atoms with Gasteiger partial charge >= 0.3 is 0 Å². The van der Waals surface area contributed by atoms with Crippen molar-refractivity contribution in [3.63, 3.8) is 0 Å². The highest BCUT2D eigenvalue weighted by molar-refractivity contribution is 9.11. The normalized spacial score (nSPS) is 19.6. The highest BCUT2D eigenvalue weighted by Crippen LogP contribution is 2.39. The summed E-state index contributed by atoms with van der Waals surface area (Å²) in [7, 11) is 0. The third-order valence-corrected chi connectivity index (χ3v) is 6.34. The van der Waals surface area contributed by atoms with Gasteiger partial charge in [-0.05, 0) is 65.4 Å². The Bertz CT molecular complexity index is 608. The molecule has 0 fully saturated rings. The first-order valence-corrected chi connectivity index (χ1v) is 9.34. The fourth-order valence-corrected chi connectivity index (χ4v) is 5.36. The summed E-state index contributed by atoms with van der Waals surface area (Å²) < 4.78 is 2.44. The SMILES string of the molecule is CC(NC1CCCc2sc(Br)cc21)c1ccccc1Br. The number of thiophene rings is 1. The summed E-state index contributed by atoms with van der Waals surface area (Å²) in [5.41, 5.74) is 2.82. The number of rotatable bonds is 3. The molecule has 1 nitrogen and oxygen atoms in total. The molecule has 0 aliphatic heterocycles. The Morgan fingerprint density at radius 1 is 1.30 bits per heavy atom. The first-order chi connectivity index (χ1) is 9.65. The molecule has 3 rings (SSSR count). The number of halogens is 2. The number of hydrogen-bond donors (Lipinski definition) is 1. The second kappa shape index (κ2) is 6.30. The van der Waals surface area contributed by atoms with Gasteiger partial charge in [0.1, 0.15) is 0 Å². The smallest absolute Gasteiger partial charge is 0.0704 e. The molecule has 0 radical (unpaired) electrons. The topological polar surface area (TPSA) is 12.0 Å². The monoisotopic (exact) mass is 413 g/mol. The van der Waals surface area contributed by atoms with Crippen LogP contribution < -0.4 is 5.32 Å². The van der Waals surface area contributed by atoms with Crippen LogP contribution in [0.25, 0.3) is 0 Å². The second-order valence-corrected chi connectivity index (χ2v) is 8.65. The van der Waals surface area contributed by atoms with Gasteiger partial charge in [-0.25, -0.2) is 0 Å². The molecule has 1 heterocycles. The van der Waals surface area contributed by atoms with Gasteiger partial charge in [-0.2, -0.15) is 0 Å². The molecule has 0 amide bonds. The molecule has 20 heavy (non-hydrogen) atoms. The summed E-state index contributed by atoms with van der Waals surface area (Å²) in [6.07, 6.45) is 3.73. The van der Waals surface area contributed by atoms with E-state index in [1.54, 1.807) is 4.88 Å². The van der Waals surface area contributed by atoms with Crippen LogP contribution in [0, 0.1) is 0 Å². The second-order valence-electron chi connectivity index (χ2n) is 5.28. The summed E-state index contributed by atoms with van der Waals surface area (Å²) >= 11 is 9.17. The Kier molecular flexibility index (Phi) is 4.65. The Morgan fingerprint density at radius 3 is 2.90 bits per heavy atom. The molecule has 4 heteroatoms. The Hall–Kier alpha value is -0.160. The molecule has 0 saturated carbocycles. The lowest BCUT2D eigenvalue weighted by Crippen LogP contribution is -2.27. The molecule has 0 spiro atoms. The van der Waals surface area contributed by atoms with Gasteiger partial charge in [0.05, 0.1) is 3.79 Å². The zero-order valence-electron chi connectivity index (χ0n) is 11.3. The molecule has 106 valence electrons. The van der Waals surface area contributed by atoms with Crippen molar-refractivity contribution in [2.75, 3.05) is 0 Å². The minimum atomic E-state index is 0.347. The lowest BCUT2D eigenvalue weighted by atomic mass is 9.93. The standard InChI is InChI=1S/C16H17Br2NS/c1-10(11-5-2-3-6-13(11)17)19-14-7-4-8-15-12(14)9-16(18)20-15/h2-3,5-6,9-10,14,19H,4,7-8H2,1H3. The molecule has 0 bridgehead atoms. The van der Waals surface area contributed by atoms with E-state index in [0.29, 0.717) is 12.1 Å². The van der Waals surface area contributed by atoms with Gasteiger partial charge in [0, 0.05) is 21.4 Å². The number of hydrogen-bond acceptors (Lipinski definition) is 2. The van der Waals surface area contributed by atoms with Crippen molar-refractivity contribution in [1.29, 1.82) is 0 Å². The quantitative estimate of drug-likeness (QED) is 0.649. The van der Waals surface area contributed by atoms with E-state index >= 15 is 0 Å². The Balaban J connectivity index is 1.80. The predicted molar refractivity (Wildman–Crippen MR) is 93.4 cm³/mol. The molecule has 1 aromatic heterocycles. The van der Waals surface area contributed by atoms with Crippen LogP contribution in [-0.4, -0.2) is 0 Å².